The van der Waals surface area contributed by atoms with Crippen LogP contribution in [0.2, 0.25) is 0 Å². The number of nitrogens with two attached hydrogens (primary N) is 1. The summed E-state index contributed by atoms with van der Waals surface area (Å²) in [6.07, 6.45) is 4.97. The molecule has 23 heavy (non-hydrogen) atoms. The highest BCUT2D eigenvalue weighted by Crippen LogP contribution is 2.38. The van der Waals surface area contributed by atoms with E-state index < -0.39 is 5.91 Å². The Bertz CT molecular complexity index is 646. The predicted molar refractivity (Wildman–Crippen MR) is 87.1 cm³/mol. The molecule has 2 aliphatic heterocycles. The largest absolute Gasteiger partial charge is 0.366 e. The maximum absolute atomic E-state index is 12.3. The van der Waals surface area contributed by atoms with Gasteiger partial charge in [-0.05, 0) is 62.2 Å². The summed E-state index contributed by atoms with van der Waals surface area (Å²) >= 11 is 0. The zero-order valence-corrected chi connectivity index (χ0v) is 13.3. The first-order chi connectivity index (χ1) is 11.1. The van der Waals surface area contributed by atoms with Crippen LogP contribution in [0, 0.1) is 11.8 Å². The Kier molecular flexibility index (Phi) is 3.60. The lowest BCUT2D eigenvalue weighted by atomic mass is 9.85. The van der Waals surface area contributed by atoms with Crippen LogP contribution in [0.15, 0.2) is 18.2 Å². The van der Waals surface area contributed by atoms with Crippen LogP contribution in [0.5, 0.6) is 0 Å². The summed E-state index contributed by atoms with van der Waals surface area (Å²) in [5.41, 5.74) is 7.20. The van der Waals surface area contributed by atoms with Gasteiger partial charge in [0, 0.05) is 6.54 Å². The highest BCUT2D eigenvalue weighted by molar-refractivity contribution is 6.09. The number of fused-ring (bicyclic) bond motifs is 1. The Hall–Kier alpha value is -1.88. The van der Waals surface area contributed by atoms with Gasteiger partial charge in [0.05, 0.1) is 17.2 Å². The number of benzene rings is 1. The number of piperidine rings is 1. The molecule has 4 rings (SSSR count). The van der Waals surface area contributed by atoms with Crippen LogP contribution in [0.1, 0.15) is 58.0 Å². The van der Waals surface area contributed by atoms with Gasteiger partial charge in [-0.2, -0.15) is 0 Å². The molecule has 1 saturated carbocycles. The standard InChI is InChI=1S/C18H23N3O2/c19-17(22)14-3-1-2-13-15(14)18(23)20-16(13)12-6-8-21(9-7-12)10-11-4-5-11/h1-3,11-12,16H,4-10H2,(H2,19,22)(H,20,23). The summed E-state index contributed by atoms with van der Waals surface area (Å²) < 4.78 is 0. The van der Waals surface area contributed by atoms with E-state index in [9.17, 15) is 9.59 Å². The van der Waals surface area contributed by atoms with Gasteiger partial charge in [-0.3, -0.25) is 9.59 Å². The molecule has 0 aromatic heterocycles. The van der Waals surface area contributed by atoms with Crippen molar-refractivity contribution < 1.29 is 9.59 Å². The van der Waals surface area contributed by atoms with Crippen LogP contribution >= 0.6 is 0 Å². The van der Waals surface area contributed by atoms with Crippen molar-refractivity contribution in [3.63, 3.8) is 0 Å². The molecule has 0 radical (unpaired) electrons. The van der Waals surface area contributed by atoms with Crippen molar-refractivity contribution in [2.75, 3.05) is 19.6 Å². The van der Waals surface area contributed by atoms with Crippen molar-refractivity contribution >= 4 is 11.8 Å². The van der Waals surface area contributed by atoms with Crippen molar-refractivity contribution in [1.82, 2.24) is 10.2 Å². The van der Waals surface area contributed by atoms with Crippen LogP contribution in [0.4, 0.5) is 0 Å². The SMILES string of the molecule is NC(=O)c1cccc2c1C(=O)NC2C1CCN(CC2CC2)CC1. The van der Waals surface area contributed by atoms with Crippen molar-refractivity contribution in [1.29, 1.82) is 0 Å². The summed E-state index contributed by atoms with van der Waals surface area (Å²) in [7, 11) is 0. The second-order valence-corrected chi connectivity index (χ2v) is 7.17. The van der Waals surface area contributed by atoms with Gasteiger partial charge in [-0.15, -0.1) is 0 Å². The average Bonchev–Trinajstić information content (AvgIpc) is 3.30. The Morgan fingerprint density at radius 3 is 2.61 bits per heavy atom. The number of hydrogen-bond acceptors (Lipinski definition) is 3. The smallest absolute Gasteiger partial charge is 0.252 e. The number of hydrogen-bond donors (Lipinski definition) is 2. The van der Waals surface area contributed by atoms with E-state index in [1.54, 1.807) is 6.07 Å². The molecule has 0 bridgehead atoms. The van der Waals surface area contributed by atoms with Gasteiger partial charge < -0.3 is 16.0 Å². The van der Waals surface area contributed by atoms with Crippen LogP contribution in [0.25, 0.3) is 0 Å². The molecule has 0 spiro atoms. The summed E-state index contributed by atoms with van der Waals surface area (Å²) in [6, 6.07) is 5.45. The highest BCUT2D eigenvalue weighted by atomic mass is 16.2. The van der Waals surface area contributed by atoms with Crippen molar-refractivity contribution in [2.24, 2.45) is 17.6 Å². The third-order valence-electron chi connectivity index (χ3n) is 5.53. The average molecular weight is 313 g/mol. The maximum Gasteiger partial charge on any atom is 0.252 e. The first-order valence-corrected chi connectivity index (χ1v) is 8.59. The molecule has 3 aliphatic rings. The van der Waals surface area contributed by atoms with E-state index in [-0.39, 0.29) is 11.9 Å². The van der Waals surface area contributed by atoms with Gasteiger partial charge in [0.2, 0.25) is 5.91 Å². The van der Waals surface area contributed by atoms with Gasteiger partial charge in [-0.25, -0.2) is 0 Å². The van der Waals surface area contributed by atoms with E-state index in [2.05, 4.69) is 10.2 Å². The maximum atomic E-state index is 12.3. The van der Waals surface area contributed by atoms with E-state index in [1.807, 2.05) is 12.1 Å². The first kappa shape index (κ1) is 14.7. The number of nitrogens with zero attached hydrogens (tertiary/aromatic N) is 1. The second-order valence-electron chi connectivity index (χ2n) is 7.17. The Morgan fingerprint density at radius 1 is 1.22 bits per heavy atom. The minimum absolute atomic E-state index is 0.0277. The lowest BCUT2D eigenvalue weighted by molar-refractivity contribution is 0.0915. The predicted octanol–water partition coefficient (Wildman–Crippen LogP) is 1.69. The molecule has 1 aromatic rings. The summed E-state index contributed by atoms with van der Waals surface area (Å²) in [6.45, 7) is 3.46. The van der Waals surface area contributed by atoms with Gasteiger partial charge in [0.25, 0.3) is 5.91 Å². The quantitative estimate of drug-likeness (QED) is 0.888. The number of rotatable bonds is 4. The second kappa shape index (κ2) is 5.64. The monoisotopic (exact) mass is 313 g/mol. The Labute approximate surface area is 136 Å². The molecule has 1 unspecified atom stereocenters. The van der Waals surface area contributed by atoms with Gasteiger partial charge >= 0.3 is 0 Å². The third kappa shape index (κ3) is 2.74. The van der Waals surface area contributed by atoms with Crippen LogP contribution < -0.4 is 11.1 Å². The van der Waals surface area contributed by atoms with Crippen LogP contribution in [-0.2, 0) is 0 Å². The molecular weight excluding hydrogens is 290 g/mol. The van der Waals surface area contributed by atoms with Gasteiger partial charge in [-0.1, -0.05) is 12.1 Å². The number of amides is 2. The lowest BCUT2D eigenvalue weighted by Crippen LogP contribution is -2.39. The molecule has 5 nitrogen and oxygen atoms in total. The first-order valence-electron chi connectivity index (χ1n) is 8.59. The van der Waals surface area contributed by atoms with E-state index in [4.69, 9.17) is 5.73 Å². The fourth-order valence-corrected chi connectivity index (χ4v) is 4.09. The van der Waals surface area contributed by atoms with Gasteiger partial charge in [0.15, 0.2) is 0 Å². The zero-order valence-electron chi connectivity index (χ0n) is 13.3. The molecule has 5 heteroatoms. The normalized spacial score (nSPS) is 25.2. The minimum Gasteiger partial charge on any atom is -0.366 e. The zero-order chi connectivity index (χ0) is 16.0. The molecule has 2 fully saturated rings. The molecule has 1 atom stereocenters. The lowest BCUT2D eigenvalue weighted by Gasteiger charge is -2.35. The van der Waals surface area contributed by atoms with E-state index in [0.717, 1.165) is 37.4 Å². The summed E-state index contributed by atoms with van der Waals surface area (Å²) in [5, 5.41) is 3.09. The molecular formula is C18H23N3O2. The molecule has 2 amide bonds. The molecule has 122 valence electrons. The fourth-order valence-electron chi connectivity index (χ4n) is 4.09. The fraction of sp³-hybridized carbons (Fsp3) is 0.556. The van der Waals surface area contributed by atoms with Crippen LogP contribution in [0.3, 0.4) is 0 Å². The Balaban J connectivity index is 1.50. The van der Waals surface area contributed by atoms with E-state index >= 15 is 0 Å². The number of likely N-dealkylation sites (tertiary alicyclic amines) is 1. The topological polar surface area (TPSA) is 75.4 Å². The molecule has 3 N–H and O–H groups in total. The molecule has 1 aliphatic carbocycles. The third-order valence-corrected chi connectivity index (χ3v) is 5.53. The van der Waals surface area contributed by atoms with E-state index in [1.165, 1.54) is 19.4 Å². The van der Waals surface area contributed by atoms with Crippen molar-refractivity contribution in [3.8, 4) is 0 Å². The van der Waals surface area contributed by atoms with E-state index in [0.29, 0.717) is 17.0 Å². The number of carbonyl (C=O) groups excluding carboxylic acids is 2. The van der Waals surface area contributed by atoms with Crippen LogP contribution in [-0.4, -0.2) is 36.3 Å². The summed E-state index contributed by atoms with van der Waals surface area (Å²) in [4.78, 5) is 26.5. The van der Waals surface area contributed by atoms with Crippen molar-refractivity contribution in [2.45, 2.75) is 31.7 Å². The molecule has 1 saturated heterocycles. The number of primary amides is 1. The Morgan fingerprint density at radius 2 is 1.96 bits per heavy atom. The minimum atomic E-state index is -0.531. The molecule has 1 aromatic carbocycles. The number of carbonyl (C=O) groups is 2. The van der Waals surface area contributed by atoms with Crippen molar-refractivity contribution in [3.05, 3.63) is 34.9 Å². The summed E-state index contributed by atoms with van der Waals surface area (Å²) in [5.74, 6) is 0.687. The molecule has 2 heterocycles. The number of nitrogens with one attached hydrogen (secondary N) is 1. The van der Waals surface area contributed by atoms with Gasteiger partial charge in [0.1, 0.15) is 0 Å². The highest BCUT2D eigenvalue weighted by Gasteiger charge is 2.38.